The molecule has 0 spiro atoms. The third-order valence-electron chi connectivity index (χ3n) is 1.83. The Balaban J connectivity index is 2.93. The van der Waals surface area contributed by atoms with E-state index in [-0.39, 0.29) is 11.1 Å². The summed E-state index contributed by atoms with van der Waals surface area (Å²) in [6.45, 7) is 1.48. The number of ketones is 1. The van der Waals surface area contributed by atoms with Gasteiger partial charge < -0.3 is 9.79 Å². The fourth-order valence-corrected chi connectivity index (χ4v) is 1.65. The van der Waals surface area contributed by atoms with Gasteiger partial charge >= 0.3 is 7.60 Å². The number of carbonyl (C=O) groups is 1. The quantitative estimate of drug-likeness (QED) is 0.611. The van der Waals surface area contributed by atoms with Crippen LogP contribution in [0.25, 0.3) is 0 Å². The molecule has 0 bridgehead atoms. The van der Waals surface area contributed by atoms with E-state index in [1.165, 1.54) is 19.1 Å². The molecule has 0 aliphatic rings. The Hall–Kier alpha value is -1.03. The minimum absolute atomic E-state index is 0.109. The van der Waals surface area contributed by atoms with Crippen LogP contribution in [0.5, 0.6) is 0 Å². The summed E-state index contributed by atoms with van der Waals surface area (Å²) in [6, 6.07) is 3.58. The van der Waals surface area contributed by atoms with Gasteiger partial charge in [0.05, 0.1) is 0 Å². The SMILES string of the molecule is Cc1cc(C(=O)CP(=O)(O)O)ccc1F. The van der Waals surface area contributed by atoms with Crippen molar-refractivity contribution < 1.29 is 23.5 Å². The zero-order valence-electron chi connectivity index (χ0n) is 7.98. The van der Waals surface area contributed by atoms with Crippen molar-refractivity contribution in [2.75, 3.05) is 6.16 Å². The lowest BCUT2D eigenvalue weighted by Crippen LogP contribution is -2.06. The summed E-state index contributed by atoms with van der Waals surface area (Å²) in [6.07, 6.45) is -0.849. The molecule has 1 aromatic carbocycles. The van der Waals surface area contributed by atoms with E-state index < -0.39 is 25.4 Å². The Morgan fingerprint density at radius 2 is 2.07 bits per heavy atom. The van der Waals surface area contributed by atoms with Crippen LogP contribution in [0, 0.1) is 12.7 Å². The van der Waals surface area contributed by atoms with Crippen LogP contribution in [-0.2, 0) is 4.57 Å². The van der Waals surface area contributed by atoms with Gasteiger partial charge in [0, 0.05) is 5.56 Å². The fraction of sp³-hybridized carbons (Fsp3) is 0.222. The maximum atomic E-state index is 12.8. The molecule has 0 atom stereocenters. The Labute approximate surface area is 85.9 Å². The molecule has 0 fully saturated rings. The van der Waals surface area contributed by atoms with Gasteiger partial charge in [-0.2, -0.15) is 0 Å². The van der Waals surface area contributed by atoms with Crippen molar-refractivity contribution in [1.29, 1.82) is 0 Å². The molecular formula is C9H10FO4P. The Kier molecular flexibility index (Phi) is 3.39. The molecule has 0 saturated carbocycles. The average Bonchev–Trinajstić information content (AvgIpc) is 2.06. The standard InChI is InChI=1S/C9H10FO4P/c1-6-4-7(2-3-8(6)10)9(11)5-15(12,13)14/h2-4H,5H2,1H3,(H2,12,13,14). The van der Waals surface area contributed by atoms with Crippen molar-refractivity contribution in [3.63, 3.8) is 0 Å². The molecule has 0 amide bonds. The topological polar surface area (TPSA) is 74.6 Å². The molecule has 15 heavy (non-hydrogen) atoms. The largest absolute Gasteiger partial charge is 0.333 e. The Morgan fingerprint density at radius 3 is 2.53 bits per heavy atom. The third kappa shape index (κ3) is 3.55. The fourth-order valence-electron chi connectivity index (χ4n) is 1.10. The molecule has 0 aromatic heterocycles. The number of benzene rings is 1. The van der Waals surface area contributed by atoms with E-state index in [1.54, 1.807) is 0 Å². The second-order valence-electron chi connectivity index (χ2n) is 3.21. The smallest absolute Gasteiger partial charge is 0.324 e. The van der Waals surface area contributed by atoms with Crippen LogP contribution in [0.3, 0.4) is 0 Å². The van der Waals surface area contributed by atoms with Crippen molar-refractivity contribution in [3.05, 3.63) is 35.1 Å². The maximum absolute atomic E-state index is 12.8. The second-order valence-corrected chi connectivity index (χ2v) is 4.86. The van der Waals surface area contributed by atoms with Crippen LogP contribution in [0.2, 0.25) is 0 Å². The van der Waals surface area contributed by atoms with Crippen LogP contribution in [-0.4, -0.2) is 21.7 Å². The minimum atomic E-state index is -4.36. The molecule has 0 heterocycles. The number of rotatable bonds is 3. The molecule has 0 aliphatic heterocycles. The van der Waals surface area contributed by atoms with E-state index in [0.29, 0.717) is 0 Å². The van der Waals surface area contributed by atoms with E-state index >= 15 is 0 Å². The van der Waals surface area contributed by atoms with Crippen molar-refractivity contribution in [2.24, 2.45) is 0 Å². The van der Waals surface area contributed by atoms with Gasteiger partial charge in [-0.3, -0.25) is 9.36 Å². The van der Waals surface area contributed by atoms with E-state index in [1.807, 2.05) is 0 Å². The lowest BCUT2D eigenvalue weighted by Gasteiger charge is -2.04. The van der Waals surface area contributed by atoms with E-state index in [9.17, 15) is 13.8 Å². The average molecular weight is 232 g/mol. The van der Waals surface area contributed by atoms with Gasteiger partial charge in [0.15, 0.2) is 5.78 Å². The maximum Gasteiger partial charge on any atom is 0.333 e. The summed E-state index contributed by atoms with van der Waals surface area (Å²) in [4.78, 5) is 28.5. The number of hydrogen-bond donors (Lipinski definition) is 2. The zero-order valence-corrected chi connectivity index (χ0v) is 8.87. The highest BCUT2D eigenvalue weighted by Crippen LogP contribution is 2.34. The molecule has 0 radical (unpaired) electrons. The summed E-state index contributed by atoms with van der Waals surface area (Å²) >= 11 is 0. The van der Waals surface area contributed by atoms with Crippen molar-refractivity contribution >= 4 is 13.4 Å². The number of hydrogen-bond acceptors (Lipinski definition) is 2. The molecule has 1 rings (SSSR count). The first-order chi connectivity index (χ1) is 6.79. The lowest BCUT2D eigenvalue weighted by atomic mass is 10.1. The minimum Gasteiger partial charge on any atom is -0.324 e. The molecule has 2 N–H and O–H groups in total. The summed E-state index contributed by atoms with van der Waals surface area (Å²) in [5.41, 5.74) is 0.379. The van der Waals surface area contributed by atoms with Gasteiger partial charge in [-0.1, -0.05) is 0 Å². The molecule has 0 unspecified atom stereocenters. The highest BCUT2D eigenvalue weighted by atomic mass is 31.2. The van der Waals surface area contributed by atoms with Gasteiger partial charge in [-0.05, 0) is 30.7 Å². The monoisotopic (exact) mass is 232 g/mol. The zero-order chi connectivity index (χ0) is 11.6. The summed E-state index contributed by atoms with van der Waals surface area (Å²) in [7, 11) is -4.36. The van der Waals surface area contributed by atoms with Crippen LogP contribution in [0.1, 0.15) is 15.9 Å². The highest BCUT2D eigenvalue weighted by Gasteiger charge is 2.20. The van der Waals surface area contributed by atoms with Crippen molar-refractivity contribution in [1.82, 2.24) is 0 Å². The van der Waals surface area contributed by atoms with E-state index in [4.69, 9.17) is 9.79 Å². The van der Waals surface area contributed by atoms with Crippen LogP contribution < -0.4 is 0 Å². The normalized spacial score (nSPS) is 11.5. The van der Waals surface area contributed by atoms with Gasteiger partial charge in [0.2, 0.25) is 0 Å². The van der Waals surface area contributed by atoms with Gasteiger partial charge in [-0.15, -0.1) is 0 Å². The first kappa shape index (κ1) is 12.0. The summed E-state index contributed by atoms with van der Waals surface area (Å²) in [5, 5.41) is 0. The van der Waals surface area contributed by atoms with E-state index in [2.05, 4.69) is 0 Å². The van der Waals surface area contributed by atoms with Gasteiger partial charge in [0.1, 0.15) is 12.0 Å². The van der Waals surface area contributed by atoms with Crippen LogP contribution in [0.15, 0.2) is 18.2 Å². The lowest BCUT2D eigenvalue weighted by molar-refractivity contribution is 0.101. The molecule has 82 valence electrons. The third-order valence-corrected chi connectivity index (χ3v) is 2.53. The van der Waals surface area contributed by atoms with Crippen LogP contribution in [0.4, 0.5) is 4.39 Å². The molecule has 6 heteroatoms. The first-order valence-electron chi connectivity index (χ1n) is 4.13. The summed E-state index contributed by atoms with van der Waals surface area (Å²) < 4.78 is 23.4. The second kappa shape index (κ2) is 4.23. The Morgan fingerprint density at radius 1 is 1.47 bits per heavy atom. The first-order valence-corrected chi connectivity index (χ1v) is 5.93. The molecule has 4 nitrogen and oxygen atoms in total. The number of Topliss-reactive ketones (excluding diaryl/α,β-unsaturated/α-hetero) is 1. The predicted molar refractivity (Wildman–Crippen MR) is 52.4 cm³/mol. The van der Waals surface area contributed by atoms with Crippen molar-refractivity contribution in [3.8, 4) is 0 Å². The molecule has 0 saturated heterocycles. The van der Waals surface area contributed by atoms with Gasteiger partial charge in [0.25, 0.3) is 0 Å². The number of halogens is 1. The molecule has 1 aromatic rings. The molecule has 0 aliphatic carbocycles. The number of aryl methyl sites for hydroxylation is 1. The van der Waals surface area contributed by atoms with Crippen molar-refractivity contribution in [2.45, 2.75) is 6.92 Å². The highest BCUT2D eigenvalue weighted by molar-refractivity contribution is 7.52. The number of carbonyl (C=O) groups excluding carboxylic acids is 1. The summed E-state index contributed by atoms with van der Waals surface area (Å²) in [5.74, 6) is -1.14. The van der Waals surface area contributed by atoms with E-state index in [0.717, 1.165) is 6.07 Å². The Bertz CT molecular complexity index is 438. The van der Waals surface area contributed by atoms with Gasteiger partial charge in [-0.25, -0.2) is 4.39 Å². The predicted octanol–water partition coefficient (Wildman–Crippen LogP) is 1.49. The molecular weight excluding hydrogens is 222 g/mol. The van der Waals surface area contributed by atoms with Crippen LogP contribution >= 0.6 is 7.60 Å².